The zero-order valence-corrected chi connectivity index (χ0v) is 19.4. The minimum atomic E-state index is -0.173. The fraction of sp³-hybridized carbons (Fsp3) is 0.357. The Bertz CT molecular complexity index is 1100. The van der Waals surface area contributed by atoms with Crippen LogP contribution < -0.4 is 14.9 Å². The van der Waals surface area contributed by atoms with E-state index in [2.05, 4.69) is 91.8 Å². The van der Waals surface area contributed by atoms with Crippen LogP contribution in [0.3, 0.4) is 0 Å². The van der Waals surface area contributed by atoms with Crippen molar-refractivity contribution in [1.29, 1.82) is 0 Å². The third-order valence-electron chi connectivity index (χ3n) is 6.50. The summed E-state index contributed by atoms with van der Waals surface area (Å²) in [5.74, 6) is 1.92. The fourth-order valence-electron chi connectivity index (χ4n) is 5.08. The summed E-state index contributed by atoms with van der Waals surface area (Å²) in [7, 11) is 1.78. The first kappa shape index (κ1) is 20.9. The number of benzene rings is 3. The molecule has 1 heterocycles. The van der Waals surface area contributed by atoms with Crippen molar-refractivity contribution in [3.8, 4) is 11.5 Å². The molecular weight excluding hydrogens is 396 g/mol. The molecule has 4 nitrogen and oxygen atoms in total. The summed E-state index contributed by atoms with van der Waals surface area (Å²) in [6.07, 6.45) is 3.23. The highest BCUT2D eigenvalue weighted by Gasteiger charge is 2.46. The molecule has 4 heteroatoms. The van der Waals surface area contributed by atoms with Crippen molar-refractivity contribution in [2.45, 2.75) is 58.2 Å². The number of anilines is 1. The van der Waals surface area contributed by atoms with Gasteiger partial charge in [-0.2, -0.15) is 0 Å². The molecule has 32 heavy (non-hydrogen) atoms. The molecule has 0 amide bonds. The minimum absolute atomic E-state index is 0.0238. The topological polar surface area (TPSA) is 33.7 Å². The normalized spacial score (nSPS) is 17.6. The molecule has 1 N–H and O–H groups in total. The molecule has 3 aromatic carbocycles. The van der Waals surface area contributed by atoms with Crippen LogP contribution in [0.4, 0.5) is 5.69 Å². The van der Waals surface area contributed by atoms with Gasteiger partial charge in [-0.3, -0.25) is 0 Å². The third-order valence-corrected chi connectivity index (χ3v) is 6.50. The van der Waals surface area contributed by atoms with Crippen LogP contribution in [-0.4, -0.2) is 17.7 Å². The molecule has 0 saturated heterocycles. The summed E-state index contributed by atoms with van der Waals surface area (Å²) >= 11 is 0. The van der Waals surface area contributed by atoms with Gasteiger partial charge in [0.05, 0.1) is 18.4 Å². The van der Waals surface area contributed by atoms with Crippen LogP contribution >= 0.6 is 0 Å². The molecule has 1 aliphatic carbocycles. The van der Waals surface area contributed by atoms with Gasteiger partial charge >= 0.3 is 0 Å². The Morgan fingerprint density at radius 2 is 1.62 bits per heavy atom. The van der Waals surface area contributed by atoms with E-state index in [-0.39, 0.29) is 11.6 Å². The van der Waals surface area contributed by atoms with Crippen LogP contribution in [0.2, 0.25) is 0 Å². The summed E-state index contributed by atoms with van der Waals surface area (Å²) in [6.45, 7) is 7.38. The lowest BCUT2D eigenvalue weighted by Gasteiger charge is -2.35. The fourth-order valence-corrected chi connectivity index (χ4v) is 5.08. The quantitative estimate of drug-likeness (QED) is 0.517. The van der Waals surface area contributed by atoms with Crippen LogP contribution in [0.5, 0.6) is 11.5 Å². The van der Waals surface area contributed by atoms with Crippen molar-refractivity contribution in [2.75, 3.05) is 12.4 Å². The van der Waals surface area contributed by atoms with Crippen molar-refractivity contribution >= 4 is 5.69 Å². The zero-order chi connectivity index (χ0) is 22.3. The number of methoxy groups -OCH3 is 1. The molecule has 3 aromatic rings. The van der Waals surface area contributed by atoms with E-state index in [0.717, 1.165) is 48.6 Å². The third kappa shape index (κ3) is 3.53. The van der Waals surface area contributed by atoms with Gasteiger partial charge in [0.1, 0.15) is 6.04 Å². The number of ether oxygens (including phenoxy) is 1. The van der Waals surface area contributed by atoms with E-state index in [1.807, 2.05) is 0 Å². The molecular formula is C28H32N2O2. The van der Waals surface area contributed by atoms with Gasteiger partial charge < -0.3 is 14.9 Å². The Balaban J connectivity index is 1.67. The van der Waals surface area contributed by atoms with Gasteiger partial charge in [-0.15, -0.1) is 5.06 Å². The highest BCUT2D eigenvalue weighted by molar-refractivity contribution is 5.75. The van der Waals surface area contributed by atoms with Gasteiger partial charge in [-0.05, 0) is 56.7 Å². The molecule has 1 unspecified atom stereocenters. The van der Waals surface area contributed by atoms with E-state index in [1.165, 1.54) is 22.3 Å². The van der Waals surface area contributed by atoms with E-state index in [1.54, 1.807) is 7.11 Å². The zero-order valence-electron chi connectivity index (χ0n) is 19.4. The van der Waals surface area contributed by atoms with Crippen molar-refractivity contribution < 1.29 is 9.57 Å². The number of nitrogens with one attached hydrogen (secondary N) is 1. The number of hydrogen-bond donors (Lipinski definition) is 1. The molecule has 166 valence electrons. The van der Waals surface area contributed by atoms with Crippen molar-refractivity contribution in [3.63, 3.8) is 0 Å². The number of nitrogens with zero attached hydrogens (tertiary/aromatic N) is 1. The SMILES string of the molecule is COc1c(NCc2ccccc2)c2c(c3c1C(c1ccccc1)N(C(C)(C)C)O3)CCC2. The maximum Gasteiger partial charge on any atom is 0.160 e. The van der Waals surface area contributed by atoms with Gasteiger partial charge in [0.15, 0.2) is 11.5 Å². The summed E-state index contributed by atoms with van der Waals surface area (Å²) < 4.78 is 6.15. The van der Waals surface area contributed by atoms with Crippen LogP contribution in [0.15, 0.2) is 60.7 Å². The average Bonchev–Trinajstić information content (AvgIpc) is 3.43. The Kier molecular flexibility index (Phi) is 5.34. The summed E-state index contributed by atoms with van der Waals surface area (Å²) in [5, 5.41) is 5.88. The lowest BCUT2D eigenvalue weighted by atomic mass is 9.91. The summed E-state index contributed by atoms with van der Waals surface area (Å²) in [6, 6.07) is 21.2. The van der Waals surface area contributed by atoms with Gasteiger partial charge in [-0.1, -0.05) is 60.7 Å². The standard InChI is InChI=1S/C28H32N2O2/c1-28(2,3)30-25(20-14-9-6-10-15-20)23-26(32-30)22-17-11-16-21(22)24(27(23)31-4)29-18-19-12-7-5-8-13-19/h5-10,12-15,25,29H,11,16-18H2,1-4H3. The Morgan fingerprint density at radius 1 is 0.969 bits per heavy atom. The van der Waals surface area contributed by atoms with Crippen LogP contribution in [0.25, 0.3) is 0 Å². The van der Waals surface area contributed by atoms with E-state index >= 15 is 0 Å². The highest BCUT2D eigenvalue weighted by atomic mass is 16.7. The lowest BCUT2D eigenvalue weighted by Crippen LogP contribution is -2.43. The van der Waals surface area contributed by atoms with Gasteiger partial charge in [-0.25, -0.2) is 0 Å². The minimum Gasteiger partial charge on any atom is -0.494 e. The lowest BCUT2D eigenvalue weighted by molar-refractivity contribution is -0.129. The average molecular weight is 429 g/mol. The Morgan fingerprint density at radius 3 is 2.28 bits per heavy atom. The molecule has 0 aromatic heterocycles. The first-order valence-electron chi connectivity index (χ1n) is 11.5. The summed E-state index contributed by atoms with van der Waals surface area (Å²) in [5.41, 5.74) is 7.25. The van der Waals surface area contributed by atoms with E-state index in [0.29, 0.717) is 0 Å². The van der Waals surface area contributed by atoms with Crippen LogP contribution in [0.1, 0.15) is 61.1 Å². The van der Waals surface area contributed by atoms with Gasteiger partial charge in [0.2, 0.25) is 0 Å². The summed E-state index contributed by atoms with van der Waals surface area (Å²) in [4.78, 5) is 6.67. The number of hydroxylamine groups is 2. The van der Waals surface area contributed by atoms with Gasteiger partial charge in [0.25, 0.3) is 0 Å². The maximum atomic E-state index is 6.67. The smallest absolute Gasteiger partial charge is 0.160 e. The second-order valence-electron chi connectivity index (χ2n) is 9.70. The molecule has 5 rings (SSSR count). The highest BCUT2D eigenvalue weighted by Crippen LogP contribution is 2.56. The molecule has 2 aliphatic rings. The van der Waals surface area contributed by atoms with Crippen molar-refractivity contribution in [3.05, 3.63) is 88.5 Å². The molecule has 0 fully saturated rings. The number of fused-ring (bicyclic) bond motifs is 3. The molecule has 1 atom stereocenters. The molecule has 1 aliphatic heterocycles. The second kappa shape index (κ2) is 8.18. The van der Waals surface area contributed by atoms with E-state index in [4.69, 9.17) is 9.57 Å². The molecule has 0 bridgehead atoms. The molecule has 0 radical (unpaired) electrons. The second-order valence-corrected chi connectivity index (χ2v) is 9.70. The largest absolute Gasteiger partial charge is 0.494 e. The predicted octanol–water partition coefficient (Wildman–Crippen LogP) is 6.29. The van der Waals surface area contributed by atoms with Crippen molar-refractivity contribution in [1.82, 2.24) is 5.06 Å². The monoisotopic (exact) mass is 428 g/mol. The first-order valence-corrected chi connectivity index (χ1v) is 11.5. The van der Waals surface area contributed by atoms with Gasteiger partial charge in [0, 0.05) is 17.6 Å². The van der Waals surface area contributed by atoms with E-state index in [9.17, 15) is 0 Å². The van der Waals surface area contributed by atoms with E-state index < -0.39 is 0 Å². The molecule has 0 spiro atoms. The molecule has 0 saturated carbocycles. The van der Waals surface area contributed by atoms with Crippen molar-refractivity contribution in [2.24, 2.45) is 0 Å². The Labute approximate surface area is 191 Å². The Hall–Kier alpha value is -2.98. The number of rotatable bonds is 5. The van der Waals surface area contributed by atoms with Crippen LogP contribution in [0, 0.1) is 0 Å². The predicted molar refractivity (Wildman–Crippen MR) is 129 cm³/mol. The number of hydrogen-bond acceptors (Lipinski definition) is 4. The first-order chi connectivity index (χ1) is 15.5. The maximum absolute atomic E-state index is 6.67. The van der Waals surface area contributed by atoms with Crippen LogP contribution in [-0.2, 0) is 19.4 Å².